The lowest BCUT2D eigenvalue weighted by Gasteiger charge is -2.10. The van der Waals surface area contributed by atoms with Gasteiger partial charge in [-0.05, 0) is 41.0 Å². The number of carbonyl (C=O) groups is 1. The summed E-state index contributed by atoms with van der Waals surface area (Å²) in [6.07, 6.45) is 2.25. The van der Waals surface area contributed by atoms with Crippen LogP contribution in [0, 0.1) is 0 Å². The third kappa shape index (κ3) is 5.17. The number of tetrazole rings is 1. The van der Waals surface area contributed by atoms with Gasteiger partial charge < -0.3 is 14.8 Å². The molecule has 1 aromatic heterocycles. The Morgan fingerprint density at radius 3 is 3.00 bits per heavy atom. The minimum atomic E-state index is -0.0625. The van der Waals surface area contributed by atoms with Crippen molar-refractivity contribution in [2.24, 2.45) is 0 Å². The van der Waals surface area contributed by atoms with E-state index in [1.807, 2.05) is 24.3 Å². The first kappa shape index (κ1) is 17.7. The predicted molar refractivity (Wildman–Crippen MR) is 92.4 cm³/mol. The van der Waals surface area contributed by atoms with Crippen molar-refractivity contribution in [2.45, 2.75) is 37.2 Å². The Morgan fingerprint density at radius 2 is 2.28 bits per heavy atom. The van der Waals surface area contributed by atoms with Gasteiger partial charge in [0, 0.05) is 13.2 Å². The van der Waals surface area contributed by atoms with Crippen LogP contribution in [-0.2, 0) is 22.6 Å². The largest absolute Gasteiger partial charge is 0.497 e. The van der Waals surface area contributed by atoms with Gasteiger partial charge in [-0.15, -0.1) is 5.10 Å². The maximum Gasteiger partial charge on any atom is 0.230 e. The van der Waals surface area contributed by atoms with Crippen molar-refractivity contribution in [1.82, 2.24) is 25.5 Å². The Bertz CT molecular complexity index is 685. The smallest absolute Gasteiger partial charge is 0.230 e. The fourth-order valence-corrected chi connectivity index (χ4v) is 3.24. The maximum atomic E-state index is 12.0. The molecule has 2 heterocycles. The normalized spacial score (nSPS) is 16.8. The van der Waals surface area contributed by atoms with Crippen molar-refractivity contribution in [3.05, 3.63) is 29.8 Å². The summed E-state index contributed by atoms with van der Waals surface area (Å²) in [4.78, 5) is 12.0. The number of benzene rings is 1. The van der Waals surface area contributed by atoms with E-state index in [0.717, 1.165) is 30.8 Å². The molecular weight excluding hydrogens is 342 g/mol. The Balaban J connectivity index is 1.43. The minimum absolute atomic E-state index is 0.0625. The number of carbonyl (C=O) groups excluding carboxylic acids is 1. The third-order valence-electron chi connectivity index (χ3n) is 3.88. The molecule has 1 aliphatic heterocycles. The lowest BCUT2D eigenvalue weighted by molar-refractivity contribution is -0.118. The van der Waals surface area contributed by atoms with Crippen molar-refractivity contribution in [3.8, 4) is 5.75 Å². The van der Waals surface area contributed by atoms with Crippen molar-refractivity contribution < 1.29 is 14.3 Å². The molecule has 8 nitrogen and oxygen atoms in total. The average Bonchev–Trinajstić information content (AvgIpc) is 3.31. The van der Waals surface area contributed by atoms with Gasteiger partial charge in [0.15, 0.2) is 0 Å². The van der Waals surface area contributed by atoms with E-state index in [4.69, 9.17) is 9.47 Å². The first-order chi connectivity index (χ1) is 12.2. The van der Waals surface area contributed by atoms with Crippen LogP contribution in [0.2, 0.25) is 0 Å². The second-order valence-corrected chi connectivity index (χ2v) is 6.63. The summed E-state index contributed by atoms with van der Waals surface area (Å²) >= 11 is 1.33. The van der Waals surface area contributed by atoms with E-state index >= 15 is 0 Å². The number of aromatic nitrogens is 4. The standard InChI is InChI=1S/C16H21N5O3S/c1-23-13-6-4-12(5-7-13)9-17-15(22)11-25-16-18-19-20-21(16)10-14-3-2-8-24-14/h4-7,14H,2-3,8-11H2,1H3,(H,17,22). The zero-order valence-electron chi connectivity index (χ0n) is 14.1. The SMILES string of the molecule is COc1ccc(CNC(=O)CSc2nnnn2CC2CCCO2)cc1. The van der Waals surface area contributed by atoms with Crippen LogP contribution in [0.15, 0.2) is 29.4 Å². The quantitative estimate of drug-likeness (QED) is 0.706. The highest BCUT2D eigenvalue weighted by Gasteiger charge is 2.19. The van der Waals surface area contributed by atoms with Crippen LogP contribution >= 0.6 is 11.8 Å². The van der Waals surface area contributed by atoms with E-state index in [0.29, 0.717) is 18.2 Å². The Labute approximate surface area is 150 Å². The Kier molecular flexibility index (Phi) is 6.24. The van der Waals surface area contributed by atoms with Crippen LogP contribution in [0.4, 0.5) is 0 Å². The van der Waals surface area contributed by atoms with Crippen LogP contribution in [-0.4, -0.2) is 51.7 Å². The molecule has 0 radical (unpaired) electrons. The first-order valence-corrected chi connectivity index (χ1v) is 9.13. The van der Waals surface area contributed by atoms with Crippen molar-refractivity contribution in [1.29, 1.82) is 0 Å². The van der Waals surface area contributed by atoms with E-state index in [1.165, 1.54) is 11.8 Å². The summed E-state index contributed by atoms with van der Waals surface area (Å²) in [5.74, 6) is 0.999. The fraction of sp³-hybridized carbons (Fsp3) is 0.500. The number of nitrogens with one attached hydrogen (secondary N) is 1. The molecule has 1 N–H and O–H groups in total. The molecule has 1 saturated heterocycles. The Hall–Kier alpha value is -2.13. The molecule has 25 heavy (non-hydrogen) atoms. The van der Waals surface area contributed by atoms with Gasteiger partial charge in [0.05, 0.1) is 25.5 Å². The minimum Gasteiger partial charge on any atom is -0.497 e. The highest BCUT2D eigenvalue weighted by atomic mass is 32.2. The van der Waals surface area contributed by atoms with Gasteiger partial charge in [0.25, 0.3) is 0 Å². The molecule has 0 aliphatic carbocycles. The summed E-state index contributed by atoms with van der Waals surface area (Å²) in [5, 5.41) is 15.2. The van der Waals surface area contributed by atoms with Crippen molar-refractivity contribution >= 4 is 17.7 Å². The second-order valence-electron chi connectivity index (χ2n) is 5.69. The molecule has 134 valence electrons. The molecular formula is C16H21N5O3S. The molecule has 3 rings (SSSR count). The lowest BCUT2D eigenvalue weighted by Crippen LogP contribution is -2.25. The fourth-order valence-electron chi connectivity index (χ4n) is 2.52. The number of thioether (sulfide) groups is 1. The molecule has 1 aliphatic rings. The topological polar surface area (TPSA) is 91.2 Å². The molecule has 1 amide bonds. The number of methoxy groups -OCH3 is 1. The van der Waals surface area contributed by atoms with Crippen molar-refractivity contribution in [3.63, 3.8) is 0 Å². The number of rotatable bonds is 8. The highest BCUT2D eigenvalue weighted by molar-refractivity contribution is 7.99. The van der Waals surface area contributed by atoms with E-state index in [2.05, 4.69) is 20.8 Å². The van der Waals surface area contributed by atoms with Crippen LogP contribution < -0.4 is 10.1 Å². The van der Waals surface area contributed by atoms with Crippen molar-refractivity contribution in [2.75, 3.05) is 19.5 Å². The van der Waals surface area contributed by atoms with E-state index in [9.17, 15) is 4.79 Å². The molecule has 1 aromatic carbocycles. The molecule has 1 fully saturated rings. The van der Waals surface area contributed by atoms with Gasteiger partial charge in [-0.2, -0.15) is 0 Å². The summed E-state index contributed by atoms with van der Waals surface area (Å²) in [6, 6.07) is 7.59. The number of nitrogens with zero attached hydrogens (tertiary/aromatic N) is 4. The second kappa shape index (κ2) is 8.82. The summed E-state index contributed by atoms with van der Waals surface area (Å²) in [7, 11) is 1.63. The molecule has 1 atom stereocenters. The van der Waals surface area contributed by atoms with Crippen LogP contribution in [0.25, 0.3) is 0 Å². The molecule has 0 bridgehead atoms. The van der Waals surface area contributed by atoms with Gasteiger partial charge >= 0.3 is 0 Å². The summed E-state index contributed by atoms with van der Waals surface area (Å²) < 4.78 is 12.4. The monoisotopic (exact) mass is 363 g/mol. The van der Waals surface area contributed by atoms with Crippen LogP contribution in [0.1, 0.15) is 18.4 Å². The molecule has 9 heteroatoms. The number of hydrogen-bond donors (Lipinski definition) is 1. The Morgan fingerprint density at radius 1 is 1.44 bits per heavy atom. The van der Waals surface area contributed by atoms with Gasteiger partial charge in [0.2, 0.25) is 11.1 Å². The molecule has 1 unspecified atom stereocenters. The van der Waals surface area contributed by atoms with Crippen LogP contribution in [0.5, 0.6) is 5.75 Å². The third-order valence-corrected chi connectivity index (χ3v) is 4.84. The number of amides is 1. The number of ether oxygens (including phenoxy) is 2. The van der Waals surface area contributed by atoms with Gasteiger partial charge in [-0.25, -0.2) is 4.68 Å². The summed E-state index contributed by atoms with van der Waals surface area (Å²) in [5.41, 5.74) is 1.02. The highest BCUT2D eigenvalue weighted by Crippen LogP contribution is 2.18. The average molecular weight is 363 g/mol. The van der Waals surface area contributed by atoms with E-state index < -0.39 is 0 Å². The lowest BCUT2D eigenvalue weighted by atomic mass is 10.2. The van der Waals surface area contributed by atoms with Gasteiger partial charge in [-0.3, -0.25) is 4.79 Å². The van der Waals surface area contributed by atoms with Gasteiger partial charge in [-0.1, -0.05) is 23.9 Å². The molecule has 0 spiro atoms. The predicted octanol–water partition coefficient (Wildman–Crippen LogP) is 1.27. The number of hydrogen-bond acceptors (Lipinski definition) is 7. The molecule has 0 saturated carbocycles. The maximum absolute atomic E-state index is 12.0. The van der Waals surface area contributed by atoms with Gasteiger partial charge in [0.1, 0.15) is 5.75 Å². The zero-order valence-corrected chi connectivity index (χ0v) is 14.9. The molecule has 2 aromatic rings. The van der Waals surface area contributed by atoms with Crippen LogP contribution in [0.3, 0.4) is 0 Å². The van der Waals surface area contributed by atoms with E-state index in [1.54, 1.807) is 11.8 Å². The zero-order chi connectivity index (χ0) is 17.5. The van der Waals surface area contributed by atoms with E-state index in [-0.39, 0.29) is 17.8 Å². The first-order valence-electron chi connectivity index (χ1n) is 8.15. The summed E-state index contributed by atoms with van der Waals surface area (Å²) in [6.45, 7) is 1.90.